The lowest BCUT2D eigenvalue weighted by atomic mass is 9.96. The summed E-state index contributed by atoms with van der Waals surface area (Å²) in [7, 11) is 0. The molecule has 0 aromatic carbocycles. The van der Waals surface area contributed by atoms with Gasteiger partial charge in [-0.15, -0.1) is 0 Å². The second kappa shape index (κ2) is 50.1. The van der Waals surface area contributed by atoms with E-state index in [2.05, 4.69) is 116 Å². The summed E-state index contributed by atoms with van der Waals surface area (Å²) >= 11 is 0. The Kier molecular flexibility index (Phi) is 44.8. The number of carbonyl (C=O) groups is 1. The normalized spacial score (nSPS) is 29.1. The van der Waals surface area contributed by atoms with Gasteiger partial charge in [-0.3, -0.25) is 4.79 Å². The third-order valence-electron chi connectivity index (χ3n) is 15.8. The number of aliphatic hydroxyl groups is 11. The largest absolute Gasteiger partial charge is 0.394 e. The smallest absolute Gasteiger partial charge is 0.220 e. The van der Waals surface area contributed by atoms with E-state index in [1.807, 2.05) is 6.08 Å². The molecule has 1 amide bonds. The molecule has 19 heteroatoms. The van der Waals surface area contributed by atoms with Gasteiger partial charge < -0.3 is 89.9 Å². The van der Waals surface area contributed by atoms with E-state index in [1.54, 1.807) is 6.08 Å². The molecule has 0 spiro atoms. The van der Waals surface area contributed by atoms with Gasteiger partial charge in [-0.25, -0.2) is 0 Å². The SMILES string of the molecule is CC/C=C\C/C=C\C/C=C\C/C=C\C/C=C\C/C=C\CCCCCCCCCCCCC(=O)NC(COC1OC(CO)C(OC2OC(CO)C(OC3OC(CO)C(O)C(O)C3O)C(O)C2O)C(O)C1O)C(O)/C=C/CC/C=C/CC/C=C/CCCCCC. The number of rotatable bonds is 48. The number of carbonyl (C=O) groups excluding carboxylic acids is 1. The Bertz CT molecular complexity index is 2020. The molecular formula is C69H115NO18. The van der Waals surface area contributed by atoms with Crippen molar-refractivity contribution < 1.29 is 89.4 Å². The first-order valence-electron chi connectivity index (χ1n) is 33.1. The maximum Gasteiger partial charge on any atom is 0.220 e. The van der Waals surface area contributed by atoms with Crippen LogP contribution in [-0.2, 0) is 33.2 Å². The third kappa shape index (κ3) is 32.1. The van der Waals surface area contributed by atoms with Crippen molar-refractivity contribution in [3.63, 3.8) is 0 Å². The maximum atomic E-state index is 13.4. The van der Waals surface area contributed by atoms with Crippen LogP contribution in [0.3, 0.4) is 0 Å². The predicted molar refractivity (Wildman–Crippen MR) is 341 cm³/mol. The minimum absolute atomic E-state index is 0.219. The summed E-state index contributed by atoms with van der Waals surface area (Å²) in [6.45, 7) is 1.53. The molecule has 0 saturated carbocycles. The van der Waals surface area contributed by atoms with Gasteiger partial charge >= 0.3 is 0 Å². The Morgan fingerprint density at radius 1 is 0.420 bits per heavy atom. The van der Waals surface area contributed by atoms with E-state index in [0.29, 0.717) is 12.8 Å². The van der Waals surface area contributed by atoms with Gasteiger partial charge in [-0.05, 0) is 96.3 Å². The van der Waals surface area contributed by atoms with Crippen LogP contribution in [0.2, 0.25) is 0 Å². The fraction of sp³-hybridized carbons (Fsp3) is 0.725. The molecule has 19 nitrogen and oxygen atoms in total. The second-order valence-corrected chi connectivity index (χ2v) is 23.2. The highest BCUT2D eigenvalue weighted by atomic mass is 16.8. The fourth-order valence-electron chi connectivity index (χ4n) is 10.4. The monoisotopic (exact) mass is 1250 g/mol. The van der Waals surface area contributed by atoms with Gasteiger partial charge in [0.25, 0.3) is 0 Å². The molecule has 0 aliphatic carbocycles. The zero-order chi connectivity index (χ0) is 64.0. The summed E-state index contributed by atoms with van der Waals surface area (Å²) < 4.78 is 34.2. The minimum atomic E-state index is -1.99. The Balaban J connectivity index is 1.43. The lowest BCUT2D eigenvalue weighted by Gasteiger charge is -2.48. The van der Waals surface area contributed by atoms with E-state index < -0.39 is 124 Å². The third-order valence-corrected chi connectivity index (χ3v) is 15.8. The summed E-state index contributed by atoms with van der Waals surface area (Å²) in [6, 6.07) is -1.01. The molecule has 3 heterocycles. The highest BCUT2D eigenvalue weighted by molar-refractivity contribution is 5.76. The standard InChI is InChI=1S/C69H115NO18/c1-3-5-7-9-11-13-15-17-19-20-21-22-23-24-25-26-27-28-29-30-31-32-33-35-37-39-41-43-45-47-57(75)70-52(53(74)46-44-42-40-38-36-34-18-16-14-12-10-8-6-4-2)51-83-67-63(81)60(78)65(55(49-72)85-67)88-69-64(82)61(79)66(56(50-73)86-69)87-68-62(80)59(77)58(76)54(48-71)84-68/h5,7,11,13-14,16-17,19,21-22,24-25,27-28,36,38,44,46,52-56,58-69,71-74,76-82H,3-4,6,8-10,12,15,18,20,23,26,29-35,37,39-43,45,47-51H2,1-2H3,(H,70,75)/b7-5-,13-11-,16-14+,19-17-,22-21-,25-24-,28-27-,38-36+,46-44+. The Hall–Kier alpha value is -3.55. The van der Waals surface area contributed by atoms with Crippen molar-refractivity contribution >= 4 is 5.91 Å². The molecule has 0 aromatic rings. The molecule has 3 rings (SSSR count). The molecule has 17 unspecified atom stereocenters. The van der Waals surface area contributed by atoms with Gasteiger partial charge in [0.15, 0.2) is 18.9 Å². The van der Waals surface area contributed by atoms with Crippen molar-refractivity contribution in [3.05, 3.63) is 109 Å². The fourth-order valence-corrected chi connectivity index (χ4v) is 10.4. The predicted octanol–water partition coefficient (Wildman–Crippen LogP) is 7.88. The quantitative estimate of drug-likeness (QED) is 0.0204. The minimum Gasteiger partial charge on any atom is -0.394 e. The lowest BCUT2D eigenvalue weighted by molar-refractivity contribution is -0.379. The van der Waals surface area contributed by atoms with E-state index in [-0.39, 0.29) is 18.9 Å². The summed E-state index contributed by atoms with van der Waals surface area (Å²) in [5.41, 5.74) is 0. The lowest BCUT2D eigenvalue weighted by Crippen LogP contribution is -2.66. The number of aliphatic hydroxyl groups excluding tert-OH is 11. The highest BCUT2D eigenvalue weighted by Gasteiger charge is 2.53. The molecule has 0 aromatic heterocycles. The van der Waals surface area contributed by atoms with Gasteiger partial charge in [0.1, 0.15) is 73.2 Å². The Morgan fingerprint density at radius 3 is 1.27 bits per heavy atom. The first kappa shape index (κ1) is 78.7. The van der Waals surface area contributed by atoms with Crippen LogP contribution in [0.1, 0.15) is 187 Å². The van der Waals surface area contributed by atoms with Crippen LogP contribution in [-0.4, -0.2) is 193 Å². The van der Waals surface area contributed by atoms with E-state index in [1.165, 1.54) is 57.8 Å². The van der Waals surface area contributed by atoms with Crippen LogP contribution < -0.4 is 5.32 Å². The zero-order valence-corrected chi connectivity index (χ0v) is 52.9. The summed E-state index contributed by atoms with van der Waals surface area (Å²) in [5, 5.41) is 120. The van der Waals surface area contributed by atoms with E-state index >= 15 is 0 Å². The number of hydrogen-bond acceptors (Lipinski definition) is 18. The van der Waals surface area contributed by atoms with Crippen LogP contribution >= 0.6 is 0 Å². The van der Waals surface area contributed by atoms with Crippen LogP contribution in [0, 0.1) is 0 Å². The molecule has 3 fully saturated rings. The van der Waals surface area contributed by atoms with Crippen molar-refractivity contribution in [1.29, 1.82) is 0 Å². The summed E-state index contributed by atoms with van der Waals surface area (Å²) in [6.07, 6.45) is 39.2. The Labute approximate surface area is 525 Å². The van der Waals surface area contributed by atoms with Gasteiger partial charge in [-0.1, -0.05) is 194 Å². The first-order chi connectivity index (χ1) is 42.8. The Morgan fingerprint density at radius 2 is 0.795 bits per heavy atom. The molecule has 12 N–H and O–H groups in total. The van der Waals surface area contributed by atoms with Crippen LogP contribution in [0.15, 0.2) is 109 Å². The van der Waals surface area contributed by atoms with Crippen molar-refractivity contribution in [2.75, 3.05) is 26.4 Å². The number of unbranched alkanes of at least 4 members (excludes halogenated alkanes) is 16. The van der Waals surface area contributed by atoms with Crippen molar-refractivity contribution in [1.82, 2.24) is 5.32 Å². The number of ether oxygens (including phenoxy) is 6. The maximum absolute atomic E-state index is 13.4. The number of hydrogen-bond donors (Lipinski definition) is 12. The van der Waals surface area contributed by atoms with Crippen LogP contribution in [0.25, 0.3) is 0 Å². The second-order valence-electron chi connectivity index (χ2n) is 23.2. The van der Waals surface area contributed by atoms with Crippen LogP contribution in [0.5, 0.6) is 0 Å². The average molecular weight is 1250 g/mol. The molecule has 0 bridgehead atoms. The van der Waals surface area contributed by atoms with E-state index in [0.717, 1.165) is 96.3 Å². The van der Waals surface area contributed by atoms with Crippen molar-refractivity contribution in [2.45, 2.75) is 291 Å². The topological polar surface area (TPSA) is 307 Å². The average Bonchev–Trinajstić information content (AvgIpc) is 2.57. The molecule has 504 valence electrons. The molecule has 0 radical (unpaired) electrons. The molecule has 3 aliphatic rings. The molecule has 88 heavy (non-hydrogen) atoms. The van der Waals surface area contributed by atoms with Crippen molar-refractivity contribution in [2.24, 2.45) is 0 Å². The number of amides is 1. The van der Waals surface area contributed by atoms with E-state index in [4.69, 9.17) is 28.4 Å². The summed E-state index contributed by atoms with van der Waals surface area (Å²) in [5.74, 6) is -0.301. The number of allylic oxidation sites excluding steroid dienone is 17. The molecule has 3 saturated heterocycles. The molecule has 3 aliphatic heterocycles. The summed E-state index contributed by atoms with van der Waals surface area (Å²) in [4.78, 5) is 13.4. The van der Waals surface area contributed by atoms with Gasteiger partial charge in [0.05, 0.1) is 38.6 Å². The highest BCUT2D eigenvalue weighted by Crippen LogP contribution is 2.33. The van der Waals surface area contributed by atoms with Crippen LogP contribution in [0.4, 0.5) is 0 Å². The molecule has 17 atom stereocenters. The van der Waals surface area contributed by atoms with Gasteiger partial charge in [0, 0.05) is 6.42 Å². The number of nitrogens with one attached hydrogen (secondary N) is 1. The zero-order valence-electron chi connectivity index (χ0n) is 52.9. The van der Waals surface area contributed by atoms with Gasteiger partial charge in [0.2, 0.25) is 5.91 Å². The van der Waals surface area contributed by atoms with Crippen molar-refractivity contribution in [3.8, 4) is 0 Å². The first-order valence-corrected chi connectivity index (χ1v) is 33.1. The van der Waals surface area contributed by atoms with E-state index in [9.17, 15) is 61.0 Å². The van der Waals surface area contributed by atoms with Gasteiger partial charge in [-0.2, -0.15) is 0 Å². The molecular weight excluding hydrogens is 1130 g/mol.